The first kappa shape index (κ1) is 12.7. The summed E-state index contributed by atoms with van der Waals surface area (Å²) in [6.07, 6.45) is 6.99. The Bertz CT molecular complexity index is 192. The molecule has 2 rings (SSSR count). The van der Waals surface area contributed by atoms with E-state index in [2.05, 4.69) is 28.9 Å². The molecule has 0 radical (unpaired) electrons. The molecule has 0 aliphatic carbocycles. The van der Waals surface area contributed by atoms with Gasteiger partial charge in [-0.3, -0.25) is 0 Å². The fourth-order valence-electron chi connectivity index (χ4n) is 2.78. The summed E-state index contributed by atoms with van der Waals surface area (Å²) in [5, 5.41) is 4.71. The zero-order valence-corrected chi connectivity index (χ0v) is 11.4. The van der Waals surface area contributed by atoms with Crippen LogP contribution in [-0.4, -0.2) is 48.1 Å². The molecule has 16 heavy (non-hydrogen) atoms. The highest BCUT2D eigenvalue weighted by Gasteiger charge is 2.19. The first-order chi connectivity index (χ1) is 7.88. The molecule has 2 fully saturated rings. The third-order valence-electron chi connectivity index (χ3n) is 3.93. The Kier molecular flexibility index (Phi) is 5.46. The van der Waals surface area contributed by atoms with E-state index in [1.54, 1.807) is 0 Å². The van der Waals surface area contributed by atoms with Crippen LogP contribution in [0.3, 0.4) is 0 Å². The lowest BCUT2D eigenvalue weighted by atomic mass is 10.1. The third kappa shape index (κ3) is 3.94. The van der Waals surface area contributed by atoms with Crippen molar-refractivity contribution < 1.29 is 0 Å². The highest BCUT2D eigenvalue weighted by atomic mass is 32.2. The fourth-order valence-corrected chi connectivity index (χ4v) is 3.99. The van der Waals surface area contributed by atoms with Gasteiger partial charge >= 0.3 is 0 Å². The lowest BCUT2D eigenvalue weighted by Crippen LogP contribution is -2.34. The number of nitrogens with one attached hydrogen (secondary N) is 1. The van der Waals surface area contributed by atoms with Gasteiger partial charge in [-0.15, -0.1) is 0 Å². The summed E-state index contributed by atoms with van der Waals surface area (Å²) in [4.78, 5) is 2.59. The SMILES string of the molecule is CCN1CCCC(NCC2CCCS2)CC1. The lowest BCUT2D eigenvalue weighted by Gasteiger charge is -2.19. The van der Waals surface area contributed by atoms with Crippen LogP contribution in [0.4, 0.5) is 0 Å². The number of hydrogen-bond acceptors (Lipinski definition) is 3. The van der Waals surface area contributed by atoms with E-state index in [-0.39, 0.29) is 0 Å². The minimum atomic E-state index is 0.790. The predicted molar refractivity (Wildman–Crippen MR) is 73.2 cm³/mol. The van der Waals surface area contributed by atoms with Gasteiger partial charge in [0, 0.05) is 17.8 Å². The zero-order valence-electron chi connectivity index (χ0n) is 10.6. The van der Waals surface area contributed by atoms with Crippen LogP contribution in [0, 0.1) is 0 Å². The van der Waals surface area contributed by atoms with Gasteiger partial charge in [-0.1, -0.05) is 6.92 Å². The van der Waals surface area contributed by atoms with Crippen LogP contribution in [0.1, 0.15) is 39.0 Å². The number of likely N-dealkylation sites (tertiary alicyclic amines) is 1. The smallest absolute Gasteiger partial charge is 0.0172 e. The van der Waals surface area contributed by atoms with Crippen LogP contribution in [0.15, 0.2) is 0 Å². The molecule has 94 valence electrons. The number of rotatable bonds is 4. The van der Waals surface area contributed by atoms with Crippen molar-refractivity contribution in [2.24, 2.45) is 0 Å². The van der Waals surface area contributed by atoms with Gasteiger partial charge < -0.3 is 10.2 Å². The zero-order chi connectivity index (χ0) is 11.2. The van der Waals surface area contributed by atoms with Crippen LogP contribution in [-0.2, 0) is 0 Å². The van der Waals surface area contributed by atoms with E-state index in [9.17, 15) is 0 Å². The molecular weight excluding hydrogens is 216 g/mol. The summed E-state index contributed by atoms with van der Waals surface area (Å²) in [6.45, 7) is 7.37. The summed E-state index contributed by atoms with van der Waals surface area (Å²) in [5.41, 5.74) is 0. The van der Waals surface area contributed by atoms with E-state index in [0.717, 1.165) is 11.3 Å². The molecule has 0 saturated carbocycles. The first-order valence-electron chi connectivity index (χ1n) is 6.96. The molecule has 0 aromatic rings. The second-order valence-corrected chi connectivity index (χ2v) is 6.51. The number of thioether (sulfide) groups is 1. The maximum Gasteiger partial charge on any atom is 0.0172 e. The largest absolute Gasteiger partial charge is 0.313 e. The van der Waals surface area contributed by atoms with Crippen molar-refractivity contribution in [1.82, 2.24) is 10.2 Å². The molecular formula is C13H26N2S. The highest BCUT2D eigenvalue weighted by Crippen LogP contribution is 2.25. The maximum atomic E-state index is 3.80. The summed E-state index contributed by atoms with van der Waals surface area (Å²) in [7, 11) is 0. The molecule has 2 atom stereocenters. The summed E-state index contributed by atoms with van der Waals surface area (Å²) >= 11 is 2.17. The Morgan fingerprint density at radius 2 is 2.12 bits per heavy atom. The highest BCUT2D eigenvalue weighted by molar-refractivity contribution is 8.00. The van der Waals surface area contributed by atoms with Crippen molar-refractivity contribution in [3.8, 4) is 0 Å². The number of hydrogen-bond donors (Lipinski definition) is 1. The van der Waals surface area contributed by atoms with Crippen LogP contribution in [0.5, 0.6) is 0 Å². The Morgan fingerprint density at radius 3 is 2.88 bits per heavy atom. The summed E-state index contributed by atoms with van der Waals surface area (Å²) in [6, 6.07) is 0.790. The molecule has 3 heteroatoms. The standard InChI is InChI=1S/C13H26N2S/c1-2-15-8-3-5-12(7-9-15)14-11-13-6-4-10-16-13/h12-14H,2-11H2,1H3. The van der Waals surface area contributed by atoms with Crippen molar-refractivity contribution in [3.05, 3.63) is 0 Å². The average molecular weight is 242 g/mol. The second kappa shape index (κ2) is 6.87. The van der Waals surface area contributed by atoms with E-state index in [4.69, 9.17) is 0 Å². The number of nitrogens with zero attached hydrogens (tertiary/aromatic N) is 1. The Balaban J connectivity index is 1.65. The van der Waals surface area contributed by atoms with E-state index < -0.39 is 0 Å². The van der Waals surface area contributed by atoms with Crippen molar-refractivity contribution in [2.75, 3.05) is 31.9 Å². The van der Waals surface area contributed by atoms with Gasteiger partial charge in [-0.25, -0.2) is 0 Å². The molecule has 1 N–H and O–H groups in total. The third-order valence-corrected chi connectivity index (χ3v) is 5.32. The molecule has 0 spiro atoms. The summed E-state index contributed by atoms with van der Waals surface area (Å²) in [5.74, 6) is 1.39. The second-order valence-electron chi connectivity index (χ2n) is 5.11. The first-order valence-corrected chi connectivity index (χ1v) is 8.00. The Morgan fingerprint density at radius 1 is 1.19 bits per heavy atom. The van der Waals surface area contributed by atoms with Gasteiger partial charge in [-0.2, -0.15) is 11.8 Å². The molecule has 2 nitrogen and oxygen atoms in total. The monoisotopic (exact) mass is 242 g/mol. The Hall–Kier alpha value is 0.270. The lowest BCUT2D eigenvalue weighted by molar-refractivity contribution is 0.297. The maximum absolute atomic E-state index is 3.80. The van der Waals surface area contributed by atoms with Crippen molar-refractivity contribution in [2.45, 2.75) is 50.3 Å². The molecule has 2 unspecified atom stereocenters. The topological polar surface area (TPSA) is 15.3 Å². The minimum absolute atomic E-state index is 0.790. The molecule has 0 amide bonds. The minimum Gasteiger partial charge on any atom is -0.313 e. The van der Waals surface area contributed by atoms with Crippen LogP contribution >= 0.6 is 11.8 Å². The van der Waals surface area contributed by atoms with E-state index in [0.29, 0.717) is 0 Å². The molecule has 0 bridgehead atoms. The molecule has 2 saturated heterocycles. The van der Waals surface area contributed by atoms with Gasteiger partial charge in [-0.05, 0) is 57.5 Å². The van der Waals surface area contributed by atoms with E-state index in [1.807, 2.05) is 0 Å². The molecule has 0 aromatic heterocycles. The molecule has 2 aliphatic rings. The Labute approximate surface area is 105 Å². The van der Waals surface area contributed by atoms with Crippen LogP contribution in [0.25, 0.3) is 0 Å². The van der Waals surface area contributed by atoms with E-state index in [1.165, 1.54) is 64.0 Å². The van der Waals surface area contributed by atoms with Crippen molar-refractivity contribution in [3.63, 3.8) is 0 Å². The van der Waals surface area contributed by atoms with Crippen molar-refractivity contribution >= 4 is 11.8 Å². The van der Waals surface area contributed by atoms with Crippen molar-refractivity contribution in [1.29, 1.82) is 0 Å². The molecule has 2 heterocycles. The molecule has 0 aromatic carbocycles. The predicted octanol–water partition coefficient (Wildman–Crippen LogP) is 2.35. The van der Waals surface area contributed by atoms with Crippen LogP contribution in [0.2, 0.25) is 0 Å². The van der Waals surface area contributed by atoms with Gasteiger partial charge in [0.15, 0.2) is 0 Å². The van der Waals surface area contributed by atoms with Crippen LogP contribution < -0.4 is 5.32 Å². The fraction of sp³-hybridized carbons (Fsp3) is 1.00. The van der Waals surface area contributed by atoms with E-state index >= 15 is 0 Å². The average Bonchev–Trinajstić information content (AvgIpc) is 2.72. The quantitative estimate of drug-likeness (QED) is 0.815. The van der Waals surface area contributed by atoms with Gasteiger partial charge in [0.05, 0.1) is 0 Å². The van der Waals surface area contributed by atoms with Gasteiger partial charge in [0.25, 0.3) is 0 Å². The normalized spacial score (nSPS) is 32.8. The summed E-state index contributed by atoms with van der Waals surface area (Å²) < 4.78 is 0. The van der Waals surface area contributed by atoms with Gasteiger partial charge in [0.2, 0.25) is 0 Å². The molecule has 2 aliphatic heterocycles. The van der Waals surface area contributed by atoms with Gasteiger partial charge in [0.1, 0.15) is 0 Å².